The third-order valence-electron chi connectivity index (χ3n) is 3.18. The highest BCUT2D eigenvalue weighted by molar-refractivity contribution is 9.10. The van der Waals surface area contributed by atoms with Crippen molar-refractivity contribution in [3.63, 3.8) is 0 Å². The second-order valence-electron chi connectivity index (χ2n) is 4.78. The number of carbonyl (C=O) groups is 1. The van der Waals surface area contributed by atoms with Crippen LogP contribution in [0.2, 0.25) is 0 Å². The summed E-state index contributed by atoms with van der Waals surface area (Å²) in [5, 5.41) is 0. The monoisotopic (exact) mass is 335 g/mol. The Bertz CT molecular complexity index is 670. The summed E-state index contributed by atoms with van der Waals surface area (Å²) >= 11 is 3.10. The van der Waals surface area contributed by atoms with Crippen molar-refractivity contribution in [2.45, 2.75) is 13.8 Å². The predicted molar refractivity (Wildman–Crippen MR) is 82.7 cm³/mol. The molecule has 0 aliphatic carbocycles. The van der Waals surface area contributed by atoms with Crippen LogP contribution in [0.3, 0.4) is 0 Å². The lowest BCUT2D eigenvalue weighted by Crippen LogP contribution is -2.27. The van der Waals surface area contributed by atoms with Gasteiger partial charge in [0.2, 0.25) is 0 Å². The summed E-state index contributed by atoms with van der Waals surface area (Å²) in [6.45, 7) is 3.97. The Balaban J connectivity index is 2.34. The molecule has 0 aliphatic rings. The highest BCUT2D eigenvalue weighted by Gasteiger charge is 2.16. The number of halogens is 2. The van der Waals surface area contributed by atoms with Crippen LogP contribution in [-0.4, -0.2) is 13.0 Å². The topological polar surface area (TPSA) is 20.3 Å². The first-order valence-electron chi connectivity index (χ1n) is 6.20. The van der Waals surface area contributed by atoms with Crippen LogP contribution in [0, 0.1) is 19.7 Å². The smallest absolute Gasteiger partial charge is 0.258 e. The quantitative estimate of drug-likeness (QED) is 0.792. The van der Waals surface area contributed by atoms with Gasteiger partial charge in [-0.1, -0.05) is 17.7 Å². The molecule has 0 saturated carbocycles. The Morgan fingerprint density at radius 3 is 2.45 bits per heavy atom. The van der Waals surface area contributed by atoms with Gasteiger partial charge < -0.3 is 4.90 Å². The molecule has 104 valence electrons. The zero-order chi connectivity index (χ0) is 14.9. The van der Waals surface area contributed by atoms with Gasteiger partial charge in [-0.2, -0.15) is 0 Å². The first kappa shape index (κ1) is 14.7. The molecule has 0 heterocycles. The summed E-state index contributed by atoms with van der Waals surface area (Å²) in [7, 11) is 1.72. The van der Waals surface area contributed by atoms with Crippen LogP contribution in [0.4, 0.5) is 10.1 Å². The van der Waals surface area contributed by atoms with Gasteiger partial charge in [-0.05, 0) is 59.6 Å². The van der Waals surface area contributed by atoms with Gasteiger partial charge in [-0.3, -0.25) is 4.79 Å². The summed E-state index contributed by atoms with van der Waals surface area (Å²) in [5.41, 5.74) is 3.47. The average molecular weight is 336 g/mol. The lowest BCUT2D eigenvalue weighted by molar-refractivity contribution is 0.0992. The predicted octanol–water partition coefficient (Wildman–Crippen LogP) is 4.48. The van der Waals surface area contributed by atoms with Gasteiger partial charge in [0.1, 0.15) is 5.82 Å². The van der Waals surface area contributed by atoms with E-state index in [1.54, 1.807) is 11.9 Å². The molecule has 2 rings (SSSR count). The van der Waals surface area contributed by atoms with Crippen LogP contribution in [0.15, 0.2) is 40.9 Å². The van der Waals surface area contributed by atoms with Crippen molar-refractivity contribution in [2.24, 2.45) is 0 Å². The van der Waals surface area contributed by atoms with E-state index in [2.05, 4.69) is 15.9 Å². The van der Waals surface area contributed by atoms with Crippen LogP contribution in [0.25, 0.3) is 0 Å². The maximum absolute atomic E-state index is 13.2. The second kappa shape index (κ2) is 5.75. The molecule has 0 unspecified atom stereocenters. The van der Waals surface area contributed by atoms with Gasteiger partial charge >= 0.3 is 0 Å². The molecule has 0 saturated heterocycles. The zero-order valence-electron chi connectivity index (χ0n) is 11.6. The minimum absolute atomic E-state index is 0.169. The second-order valence-corrected chi connectivity index (χ2v) is 5.64. The molecule has 0 bridgehead atoms. The number of aryl methyl sites for hydroxylation is 2. The lowest BCUT2D eigenvalue weighted by Gasteiger charge is -2.20. The molecular formula is C16H15BrFNO. The van der Waals surface area contributed by atoms with E-state index in [0.29, 0.717) is 5.56 Å². The lowest BCUT2D eigenvalue weighted by atomic mass is 10.1. The fraction of sp³-hybridized carbons (Fsp3) is 0.188. The molecule has 1 amide bonds. The van der Waals surface area contributed by atoms with Crippen LogP contribution in [-0.2, 0) is 0 Å². The summed E-state index contributed by atoms with van der Waals surface area (Å²) in [4.78, 5) is 14.0. The molecule has 0 aliphatic heterocycles. The number of benzene rings is 2. The van der Waals surface area contributed by atoms with E-state index in [1.807, 2.05) is 32.0 Å². The number of rotatable bonds is 2. The third kappa shape index (κ3) is 2.90. The Morgan fingerprint density at radius 1 is 1.15 bits per heavy atom. The molecule has 2 aromatic rings. The number of carbonyl (C=O) groups excluding carboxylic acids is 1. The number of hydrogen-bond donors (Lipinski definition) is 0. The summed E-state index contributed by atoms with van der Waals surface area (Å²) < 4.78 is 13.5. The van der Waals surface area contributed by atoms with Crippen LogP contribution in [0.1, 0.15) is 21.5 Å². The molecule has 0 aromatic heterocycles. The molecule has 20 heavy (non-hydrogen) atoms. The number of anilines is 1. The summed E-state index contributed by atoms with van der Waals surface area (Å²) in [5.74, 6) is -0.548. The first-order chi connectivity index (χ1) is 9.40. The number of amides is 1. The third-order valence-corrected chi connectivity index (χ3v) is 3.79. The van der Waals surface area contributed by atoms with E-state index in [1.165, 1.54) is 18.2 Å². The summed E-state index contributed by atoms with van der Waals surface area (Å²) in [6.07, 6.45) is 0. The molecule has 0 fully saturated rings. The van der Waals surface area contributed by atoms with Crippen LogP contribution < -0.4 is 4.90 Å². The molecule has 4 heteroatoms. The van der Waals surface area contributed by atoms with Crippen molar-refractivity contribution >= 4 is 27.5 Å². The largest absolute Gasteiger partial charge is 0.311 e. The van der Waals surface area contributed by atoms with Crippen molar-refractivity contribution in [1.29, 1.82) is 0 Å². The molecule has 0 spiro atoms. The van der Waals surface area contributed by atoms with E-state index < -0.39 is 0 Å². The Hall–Kier alpha value is -1.68. The van der Waals surface area contributed by atoms with Crippen molar-refractivity contribution in [2.75, 3.05) is 11.9 Å². The average Bonchev–Trinajstić information content (AvgIpc) is 2.40. The van der Waals surface area contributed by atoms with Crippen molar-refractivity contribution in [1.82, 2.24) is 0 Å². The maximum atomic E-state index is 13.2. The molecule has 0 atom stereocenters. The van der Waals surface area contributed by atoms with E-state index >= 15 is 0 Å². The highest BCUT2D eigenvalue weighted by Crippen LogP contribution is 2.23. The maximum Gasteiger partial charge on any atom is 0.258 e. The van der Waals surface area contributed by atoms with Crippen molar-refractivity contribution in [3.8, 4) is 0 Å². The van der Waals surface area contributed by atoms with E-state index in [-0.39, 0.29) is 16.2 Å². The fourth-order valence-electron chi connectivity index (χ4n) is 2.11. The van der Waals surface area contributed by atoms with Gasteiger partial charge in [0.25, 0.3) is 5.91 Å². The standard InChI is InChI=1S/C16H15BrFNO/c1-10-4-7-15(11(2)8-10)19(3)16(20)12-5-6-14(18)13(17)9-12/h4-9H,1-3H3. The number of hydrogen-bond acceptors (Lipinski definition) is 1. The highest BCUT2D eigenvalue weighted by atomic mass is 79.9. The Kier molecular flexibility index (Phi) is 4.23. The molecular weight excluding hydrogens is 321 g/mol. The van der Waals surface area contributed by atoms with Gasteiger partial charge in [0.15, 0.2) is 0 Å². The van der Waals surface area contributed by atoms with Gasteiger partial charge in [-0.25, -0.2) is 4.39 Å². The molecule has 2 nitrogen and oxygen atoms in total. The van der Waals surface area contributed by atoms with Crippen LogP contribution >= 0.6 is 15.9 Å². The van der Waals surface area contributed by atoms with E-state index in [0.717, 1.165) is 16.8 Å². The fourth-order valence-corrected chi connectivity index (χ4v) is 2.49. The molecule has 0 N–H and O–H groups in total. The zero-order valence-corrected chi connectivity index (χ0v) is 13.2. The van der Waals surface area contributed by atoms with Gasteiger partial charge in [-0.15, -0.1) is 0 Å². The molecule has 0 radical (unpaired) electrons. The van der Waals surface area contributed by atoms with Gasteiger partial charge in [0, 0.05) is 18.3 Å². The minimum atomic E-state index is -0.379. The minimum Gasteiger partial charge on any atom is -0.311 e. The first-order valence-corrected chi connectivity index (χ1v) is 7.00. The van der Waals surface area contributed by atoms with E-state index in [4.69, 9.17) is 0 Å². The Labute approximate surface area is 126 Å². The van der Waals surface area contributed by atoms with Crippen molar-refractivity contribution in [3.05, 3.63) is 63.4 Å². The van der Waals surface area contributed by atoms with E-state index in [9.17, 15) is 9.18 Å². The van der Waals surface area contributed by atoms with Gasteiger partial charge in [0.05, 0.1) is 4.47 Å². The number of nitrogens with zero attached hydrogens (tertiary/aromatic N) is 1. The Morgan fingerprint density at radius 2 is 1.85 bits per heavy atom. The normalized spacial score (nSPS) is 10.4. The summed E-state index contributed by atoms with van der Waals surface area (Å²) in [6, 6.07) is 10.2. The SMILES string of the molecule is Cc1ccc(N(C)C(=O)c2ccc(F)c(Br)c2)c(C)c1. The van der Waals surface area contributed by atoms with Crippen molar-refractivity contribution < 1.29 is 9.18 Å². The van der Waals surface area contributed by atoms with Crippen LogP contribution in [0.5, 0.6) is 0 Å². The molecule has 2 aromatic carbocycles.